The Kier molecular flexibility index (Phi) is 7.34. The molecule has 0 bridgehead atoms. The molecule has 0 atom stereocenters. The maximum atomic E-state index is 12.8. The lowest BCUT2D eigenvalue weighted by atomic mass is 10.0. The number of rotatable bonds is 7. The van der Waals surface area contributed by atoms with Crippen molar-refractivity contribution in [2.75, 3.05) is 46.0 Å². The minimum atomic E-state index is -3.42. The van der Waals surface area contributed by atoms with E-state index in [-0.39, 0.29) is 11.2 Å². The molecule has 1 heterocycles. The first-order chi connectivity index (χ1) is 13.9. The Morgan fingerprint density at radius 1 is 0.931 bits per heavy atom. The minimum Gasteiger partial charge on any atom is -0.339 e. The van der Waals surface area contributed by atoms with Crippen LogP contribution in [0.4, 0.5) is 0 Å². The molecule has 1 saturated heterocycles. The number of carbonyl (C=O) groups is 1. The van der Waals surface area contributed by atoms with Crippen LogP contribution in [-0.2, 0) is 15.0 Å². The molecule has 0 radical (unpaired) electrons. The van der Waals surface area contributed by atoms with Crippen LogP contribution in [0.15, 0.2) is 60.7 Å². The quantitative estimate of drug-likeness (QED) is 0.673. The summed E-state index contributed by atoms with van der Waals surface area (Å²) in [6.45, 7) is 1.51. The van der Waals surface area contributed by atoms with Crippen molar-refractivity contribution in [3.05, 3.63) is 71.8 Å². The topological polar surface area (TPSA) is 60.9 Å². The van der Waals surface area contributed by atoms with Gasteiger partial charge in [-0.3, -0.25) is 4.79 Å². The van der Waals surface area contributed by atoms with E-state index in [1.807, 2.05) is 36.4 Å². The van der Waals surface area contributed by atoms with Crippen LogP contribution >= 0.6 is 11.8 Å². The molecule has 0 aliphatic carbocycles. The summed E-state index contributed by atoms with van der Waals surface area (Å²) in [5.41, 5.74) is 2.33. The zero-order chi connectivity index (χ0) is 20.9. The second kappa shape index (κ2) is 9.75. The number of nitrogens with zero attached hydrogens (tertiary/aromatic N) is 3. The highest BCUT2D eigenvalue weighted by molar-refractivity contribution is 8.00. The van der Waals surface area contributed by atoms with Crippen molar-refractivity contribution in [1.82, 2.24) is 13.5 Å². The van der Waals surface area contributed by atoms with Crippen LogP contribution in [0.25, 0.3) is 0 Å². The Morgan fingerprint density at radius 3 is 1.86 bits per heavy atom. The highest BCUT2D eigenvalue weighted by Crippen LogP contribution is 2.35. The predicted octanol–water partition coefficient (Wildman–Crippen LogP) is 2.46. The molecule has 0 spiro atoms. The molecule has 0 unspecified atom stereocenters. The van der Waals surface area contributed by atoms with E-state index in [1.54, 1.807) is 16.7 Å². The van der Waals surface area contributed by atoms with Crippen molar-refractivity contribution >= 4 is 27.9 Å². The number of carbonyl (C=O) groups excluding carboxylic acids is 1. The zero-order valence-electron chi connectivity index (χ0n) is 16.8. The van der Waals surface area contributed by atoms with Crippen molar-refractivity contribution in [1.29, 1.82) is 0 Å². The van der Waals surface area contributed by atoms with E-state index < -0.39 is 10.2 Å². The molecule has 2 aromatic rings. The Labute approximate surface area is 177 Å². The Balaban J connectivity index is 1.62. The van der Waals surface area contributed by atoms with Gasteiger partial charge in [-0.25, -0.2) is 0 Å². The molecular formula is C21H27N3O3S2. The average molecular weight is 434 g/mol. The normalized spacial score (nSPS) is 15.8. The molecule has 3 rings (SSSR count). The number of amides is 1. The molecular weight excluding hydrogens is 406 g/mol. The molecule has 2 aromatic carbocycles. The van der Waals surface area contributed by atoms with Gasteiger partial charge in [0.05, 0.1) is 11.0 Å². The lowest BCUT2D eigenvalue weighted by Gasteiger charge is -2.35. The Hall–Kier alpha value is -1.87. The predicted molar refractivity (Wildman–Crippen MR) is 118 cm³/mol. The number of hydrogen-bond donors (Lipinski definition) is 0. The van der Waals surface area contributed by atoms with Gasteiger partial charge in [0.25, 0.3) is 10.2 Å². The monoisotopic (exact) mass is 433 g/mol. The number of piperazine rings is 1. The number of benzene rings is 2. The lowest BCUT2D eigenvalue weighted by molar-refractivity contribution is -0.129. The third-order valence-corrected chi connectivity index (χ3v) is 8.19. The van der Waals surface area contributed by atoms with Gasteiger partial charge in [-0.05, 0) is 11.1 Å². The highest BCUT2D eigenvalue weighted by Gasteiger charge is 2.30. The van der Waals surface area contributed by atoms with Gasteiger partial charge in [0.1, 0.15) is 0 Å². The fraction of sp³-hybridized carbons (Fsp3) is 0.381. The average Bonchev–Trinajstić information content (AvgIpc) is 2.75. The molecule has 8 heteroatoms. The van der Waals surface area contributed by atoms with Crippen molar-refractivity contribution in [3.63, 3.8) is 0 Å². The van der Waals surface area contributed by atoms with Crippen LogP contribution in [0.3, 0.4) is 0 Å². The maximum absolute atomic E-state index is 12.8. The van der Waals surface area contributed by atoms with Crippen molar-refractivity contribution in [2.24, 2.45) is 0 Å². The lowest BCUT2D eigenvalue weighted by Crippen LogP contribution is -2.53. The van der Waals surface area contributed by atoms with Crippen LogP contribution < -0.4 is 0 Å². The van der Waals surface area contributed by atoms with Gasteiger partial charge in [0, 0.05) is 40.3 Å². The second-order valence-corrected chi connectivity index (χ2v) is 10.3. The summed E-state index contributed by atoms with van der Waals surface area (Å²) in [6, 6.07) is 20.4. The summed E-state index contributed by atoms with van der Waals surface area (Å²) in [5.74, 6) is 0.406. The standard InChI is InChI=1S/C21H27N3O3S2/c1-22(2)29(26,27)24-15-13-23(14-16-24)20(25)17-28-21(18-9-5-3-6-10-18)19-11-7-4-8-12-19/h3-12,21H,13-17H2,1-2H3. The number of hydrogen-bond acceptors (Lipinski definition) is 4. The smallest absolute Gasteiger partial charge is 0.281 e. The zero-order valence-corrected chi connectivity index (χ0v) is 18.4. The van der Waals surface area contributed by atoms with E-state index >= 15 is 0 Å². The second-order valence-electron chi connectivity index (χ2n) is 7.08. The van der Waals surface area contributed by atoms with E-state index in [1.165, 1.54) is 33.8 Å². The molecule has 0 saturated carbocycles. The summed E-state index contributed by atoms with van der Waals surface area (Å²) in [5, 5.41) is 0.0803. The van der Waals surface area contributed by atoms with Crippen LogP contribution in [0.5, 0.6) is 0 Å². The summed E-state index contributed by atoms with van der Waals surface area (Å²) in [6.07, 6.45) is 0. The van der Waals surface area contributed by atoms with E-state index in [4.69, 9.17) is 0 Å². The summed E-state index contributed by atoms with van der Waals surface area (Å²) in [7, 11) is -0.374. The number of thioether (sulfide) groups is 1. The van der Waals surface area contributed by atoms with Gasteiger partial charge < -0.3 is 4.90 Å². The molecule has 29 heavy (non-hydrogen) atoms. The Bertz CT molecular complexity index is 858. The van der Waals surface area contributed by atoms with Gasteiger partial charge in [-0.1, -0.05) is 60.7 Å². The molecule has 0 aromatic heterocycles. The molecule has 1 aliphatic rings. The summed E-state index contributed by atoms with van der Waals surface area (Å²) < 4.78 is 27.1. The van der Waals surface area contributed by atoms with Crippen molar-refractivity contribution in [2.45, 2.75) is 5.25 Å². The largest absolute Gasteiger partial charge is 0.339 e. The fourth-order valence-corrected chi connectivity index (χ4v) is 5.56. The van der Waals surface area contributed by atoms with Gasteiger partial charge >= 0.3 is 0 Å². The first kappa shape index (κ1) is 21.8. The minimum absolute atomic E-state index is 0.0498. The van der Waals surface area contributed by atoms with Crippen LogP contribution in [-0.4, -0.2) is 73.9 Å². The van der Waals surface area contributed by atoms with E-state index in [0.717, 1.165) is 0 Å². The van der Waals surface area contributed by atoms with Crippen molar-refractivity contribution in [3.8, 4) is 0 Å². The fourth-order valence-electron chi connectivity index (χ4n) is 3.29. The van der Waals surface area contributed by atoms with Gasteiger partial charge in [0.15, 0.2) is 0 Å². The molecule has 0 N–H and O–H groups in total. The van der Waals surface area contributed by atoms with Crippen LogP contribution in [0, 0.1) is 0 Å². The van der Waals surface area contributed by atoms with E-state index in [0.29, 0.717) is 31.9 Å². The van der Waals surface area contributed by atoms with Crippen LogP contribution in [0.2, 0.25) is 0 Å². The first-order valence-corrected chi connectivity index (χ1v) is 12.0. The molecule has 1 fully saturated rings. The maximum Gasteiger partial charge on any atom is 0.281 e. The molecule has 1 amide bonds. The van der Waals surface area contributed by atoms with E-state index in [9.17, 15) is 13.2 Å². The first-order valence-electron chi connectivity index (χ1n) is 9.56. The van der Waals surface area contributed by atoms with Crippen molar-refractivity contribution < 1.29 is 13.2 Å². The molecule has 1 aliphatic heterocycles. The molecule has 156 valence electrons. The molecule has 6 nitrogen and oxygen atoms in total. The van der Waals surface area contributed by atoms with Crippen LogP contribution in [0.1, 0.15) is 16.4 Å². The Morgan fingerprint density at radius 2 is 1.41 bits per heavy atom. The van der Waals surface area contributed by atoms with Gasteiger partial charge in [-0.15, -0.1) is 11.8 Å². The summed E-state index contributed by atoms with van der Waals surface area (Å²) in [4.78, 5) is 14.5. The highest BCUT2D eigenvalue weighted by atomic mass is 32.2. The SMILES string of the molecule is CN(C)S(=O)(=O)N1CCN(C(=O)CSC(c2ccccc2)c2ccccc2)CC1. The van der Waals surface area contributed by atoms with E-state index in [2.05, 4.69) is 24.3 Å². The van der Waals surface area contributed by atoms with Gasteiger partial charge in [0.2, 0.25) is 5.91 Å². The third-order valence-electron chi connectivity index (χ3n) is 4.96. The third kappa shape index (κ3) is 5.39. The summed E-state index contributed by atoms with van der Waals surface area (Å²) >= 11 is 1.61. The van der Waals surface area contributed by atoms with Gasteiger partial charge in [-0.2, -0.15) is 17.0 Å².